The number of hydrogen-bond acceptors (Lipinski definition) is 3. The quantitative estimate of drug-likeness (QED) is 0.789. The molecule has 1 saturated heterocycles. The molecule has 2 aliphatic rings. The molecule has 106 valence electrons. The van der Waals surface area contributed by atoms with Gasteiger partial charge in [0.25, 0.3) is 0 Å². The van der Waals surface area contributed by atoms with Gasteiger partial charge < -0.3 is 5.11 Å². The highest BCUT2D eigenvalue weighted by atomic mass is 16.4. The Morgan fingerprint density at radius 2 is 1.53 bits per heavy atom. The number of hydrogen-bond donors (Lipinski definition) is 1. The Balaban J connectivity index is 2.42. The number of carbonyl (C=O) groups is 3. The van der Waals surface area contributed by atoms with E-state index in [4.69, 9.17) is 0 Å². The van der Waals surface area contributed by atoms with E-state index in [-0.39, 0.29) is 23.7 Å². The average molecular weight is 267 g/mol. The standard InChI is InChI=1S/C14H21NO4/c1-13(2,12(18)19)14(3,4)15-10(16)8-5-6-9(7-8)11(15)17/h8-9H,5-7H2,1-4H3,(H,18,19). The normalized spacial score (nSPS) is 27.9. The summed E-state index contributed by atoms with van der Waals surface area (Å²) in [6, 6.07) is 0. The van der Waals surface area contributed by atoms with Gasteiger partial charge in [0, 0.05) is 11.8 Å². The molecule has 2 bridgehead atoms. The number of aliphatic carboxylic acids is 1. The van der Waals surface area contributed by atoms with Crippen molar-refractivity contribution in [3.8, 4) is 0 Å². The summed E-state index contributed by atoms with van der Waals surface area (Å²) in [5.74, 6) is -1.61. The van der Waals surface area contributed by atoms with Crippen molar-refractivity contribution in [1.82, 2.24) is 4.90 Å². The molecule has 1 heterocycles. The molecule has 19 heavy (non-hydrogen) atoms. The van der Waals surface area contributed by atoms with E-state index in [2.05, 4.69) is 0 Å². The van der Waals surface area contributed by atoms with E-state index < -0.39 is 16.9 Å². The van der Waals surface area contributed by atoms with Crippen LogP contribution in [0.2, 0.25) is 0 Å². The lowest BCUT2D eigenvalue weighted by molar-refractivity contribution is -0.171. The molecule has 1 N–H and O–H groups in total. The van der Waals surface area contributed by atoms with E-state index in [9.17, 15) is 19.5 Å². The maximum absolute atomic E-state index is 12.4. The van der Waals surface area contributed by atoms with Crippen LogP contribution >= 0.6 is 0 Å². The van der Waals surface area contributed by atoms with E-state index in [1.165, 1.54) is 4.90 Å². The summed E-state index contributed by atoms with van der Waals surface area (Å²) in [7, 11) is 0. The molecule has 2 rings (SSSR count). The van der Waals surface area contributed by atoms with Crippen LogP contribution in [0.1, 0.15) is 47.0 Å². The van der Waals surface area contributed by atoms with Gasteiger partial charge in [-0.25, -0.2) is 0 Å². The summed E-state index contributed by atoms with van der Waals surface area (Å²) in [5.41, 5.74) is -2.22. The van der Waals surface area contributed by atoms with Crippen molar-refractivity contribution in [2.75, 3.05) is 0 Å². The molecule has 2 atom stereocenters. The van der Waals surface area contributed by atoms with Gasteiger partial charge in [0.05, 0.1) is 11.0 Å². The highest BCUT2D eigenvalue weighted by Crippen LogP contribution is 2.45. The Morgan fingerprint density at radius 1 is 1.11 bits per heavy atom. The molecular weight excluding hydrogens is 246 g/mol. The van der Waals surface area contributed by atoms with Crippen LogP contribution < -0.4 is 0 Å². The third-order valence-corrected chi connectivity index (χ3v) is 5.20. The molecule has 0 spiro atoms. The minimum absolute atomic E-state index is 0.105. The molecule has 0 aromatic rings. The molecule has 0 aromatic carbocycles. The second-order valence-electron chi connectivity index (χ2n) is 6.71. The summed E-state index contributed by atoms with van der Waals surface area (Å²) >= 11 is 0. The smallest absolute Gasteiger partial charge is 0.311 e. The summed E-state index contributed by atoms with van der Waals surface area (Å²) < 4.78 is 0. The van der Waals surface area contributed by atoms with E-state index in [0.29, 0.717) is 6.42 Å². The Hall–Kier alpha value is -1.39. The van der Waals surface area contributed by atoms with Gasteiger partial charge in [0.2, 0.25) is 11.8 Å². The molecule has 5 heteroatoms. The lowest BCUT2D eigenvalue weighted by atomic mass is 9.72. The summed E-state index contributed by atoms with van der Waals surface area (Å²) in [6.07, 6.45) is 2.13. The van der Waals surface area contributed by atoms with Crippen molar-refractivity contribution >= 4 is 17.8 Å². The van der Waals surface area contributed by atoms with E-state index in [1.54, 1.807) is 27.7 Å². The minimum atomic E-state index is -1.19. The van der Waals surface area contributed by atoms with Crippen LogP contribution in [0, 0.1) is 17.3 Å². The highest BCUT2D eigenvalue weighted by molar-refractivity contribution is 6.02. The predicted octanol–water partition coefficient (Wildman–Crippen LogP) is 1.66. The minimum Gasteiger partial charge on any atom is -0.481 e. The van der Waals surface area contributed by atoms with Gasteiger partial charge in [-0.3, -0.25) is 19.3 Å². The predicted molar refractivity (Wildman–Crippen MR) is 68.2 cm³/mol. The second-order valence-corrected chi connectivity index (χ2v) is 6.71. The number of piperidine rings is 1. The Morgan fingerprint density at radius 3 is 1.89 bits per heavy atom. The number of imide groups is 1. The zero-order valence-electron chi connectivity index (χ0n) is 11.9. The Bertz CT molecular complexity index is 430. The Labute approximate surface area is 113 Å². The lowest BCUT2D eigenvalue weighted by Crippen LogP contribution is -2.64. The molecule has 2 fully saturated rings. The van der Waals surface area contributed by atoms with Gasteiger partial charge in [0.15, 0.2) is 0 Å². The largest absolute Gasteiger partial charge is 0.481 e. The lowest BCUT2D eigenvalue weighted by Gasteiger charge is -2.48. The van der Waals surface area contributed by atoms with Gasteiger partial charge >= 0.3 is 5.97 Å². The van der Waals surface area contributed by atoms with Crippen LogP contribution in [0.5, 0.6) is 0 Å². The van der Waals surface area contributed by atoms with Crippen molar-refractivity contribution < 1.29 is 19.5 Å². The van der Waals surface area contributed by atoms with E-state index in [1.807, 2.05) is 0 Å². The number of rotatable bonds is 3. The molecule has 0 radical (unpaired) electrons. The summed E-state index contributed by atoms with van der Waals surface area (Å²) in [4.78, 5) is 37.5. The number of amides is 2. The fourth-order valence-corrected chi connectivity index (χ4v) is 3.00. The topological polar surface area (TPSA) is 74.7 Å². The number of carbonyl (C=O) groups excluding carboxylic acids is 2. The zero-order valence-corrected chi connectivity index (χ0v) is 11.9. The number of carboxylic acid groups (broad SMARTS) is 1. The first-order valence-electron chi connectivity index (χ1n) is 6.72. The Kier molecular flexibility index (Phi) is 2.99. The van der Waals surface area contributed by atoms with Gasteiger partial charge in [-0.1, -0.05) is 0 Å². The van der Waals surface area contributed by atoms with Crippen molar-refractivity contribution in [2.24, 2.45) is 17.3 Å². The van der Waals surface area contributed by atoms with Crippen LogP contribution in [0.15, 0.2) is 0 Å². The third-order valence-electron chi connectivity index (χ3n) is 5.20. The molecule has 1 saturated carbocycles. The van der Waals surface area contributed by atoms with Crippen LogP contribution in [-0.2, 0) is 14.4 Å². The number of carboxylic acids is 1. The zero-order chi connectivity index (χ0) is 14.6. The van der Waals surface area contributed by atoms with Crippen molar-refractivity contribution in [3.63, 3.8) is 0 Å². The monoisotopic (exact) mass is 267 g/mol. The summed E-state index contributed by atoms with van der Waals surface area (Å²) in [6.45, 7) is 6.46. The summed E-state index contributed by atoms with van der Waals surface area (Å²) in [5, 5.41) is 9.38. The molecule has 0 aromatic heterocycles. The van der Waals surface area contributed by atoms with Crippen LogP contribution in [0.25, 0.3) is 0 Å². The number of likely N-dealkylation sites (tertiary alicyclic amines) is 1. The van der Waals surface area contributed by atoms with E-state index in [0.717, 1.165) is 12.8 Å². The second kappa shape index (κ2) is 4.05. The molecular formula is C14H21NO4. The number of fused-ring (bicyclic) bond motifs is 2. The van der Waals surface area contributed by atoms with Crippen LogP contribution in [0.3, 0.4) is 0 Å². The van der Waals surface area contributed by atoms with Gasteiger partial charge in [-0.2, -0.15) is 0 Å². The third kappa shape index (κ3) is 1.78. The molecule has 5 nitrogen and oxygen atoms in total. The van der Waals surface area contributed by atoms with Gasteiger partial charge in [-0.15, -0.1) is 0 Å². The average Bonchev–Trinajstić information content (AvgIpc) is 2.72. The van der Waals surface area contributed by atoms with Gasteiger partial charge in [-0.05, 0) is 47.0 Å². The number of nitrogens with zero attached hydrogens (tertiary/aromatic N) is 1. The maximum atomic E-state index is 12.4. The molecule has 1 aliphatic heterocycles. The highest BCUT2D eigenvalue weighted by Gasteiger charge is 2.56. The van der Waals surface area contributed by atoms with Crippen molar-refractivity contribution in [2.45, 2.75) is 52.5 Å². The van der Waals surface area contributed by atoms with Crippen molar-refractivity contribution in [1.29, 1.82) is 0 Å². The first-order chi connectivity index (χ1) is 8.60. The van der Waals surface area contributed by atoms with Crippen LogP contribution in [0.4, 0.5) is 0 Å². The maximum Gasteiger partial charge on any atom is 0.311 e. The molecule has 2 amide bonds. The van der Waals surface area contributed by atoms with Crippen LogP contribution in [-0.4, -0.2) is 33.3 Å². The van der Waals surface area contributed by atoms with Gasteiger partial charge in [0.1, 0.15) is 0 Å². The molecule has 2 unspecified atom stereocenters. The first kappa shape index (κ1) is 14.0. The fourth-order valence-electron chi connectivity index (χ4n) is 3.00. The van der Waals surface area contributed by atoms with E-state index >= 15 is 0 Å². The molecule has 1 aliphatic carbocycles. The fraction of sp³-hybridized carbons (Fsp3) is 0.786. The first-order valence-corrected chi connectivity index (χ1v) is 6.72. The SMILES string of the molecule is CC(C)(C(=O)O)C(C)(C)N1C(=O)C2CCC(C2)C1=O. The van der Waals surface area contributed by atoms with Crippen molar-refractivity contribution in [3.05, 3.63) is 0 Å².